The zero-order valence-corrected chi connectivity index (χ0v) is 16.2. The van der Waals surface area contributed by atoms with Crippen LogP contribution in [0.25, 0.3) is 0 Å². The minimum absolute atomic E-state index is 0.0315. The van der Waals surface area contributed by atoms with Gasteiger partial charge in [0.15, 0.2) is 5.76 Å². The van der Waals surface area contributed by atoms with Crippen molar-refractivity contribution >= 4 is 17.5 Å². The number of rotatable bonds is 6. The zero-order chi connectivity index (χ0) is 18.7. The molecule has 26 heavy (non-hydrogen) atoms. The van der Waals surface area contributed by atoms with Crippen LogP contribution in [0.15, 0.2) is 16.5 Å². The van der Waals surface area contributed by atoms with Crippen LogP contribution in [0.4, 0.5) is 0 Å². The van der Waals surface area contributed by atoms with E-state index in [4.69, 9.17) is 20.8 Å². The van der Waals surface area contributed by atoms with Gasteiger partial charge in [0, 0.05) is 25.7 Å². The number of hydrogen-bond donors (Lipinski definition) is 1. The second kappa shape index (κ2) is 8.24. The number of furan rings is 1. The molecule has 142 valence electrons. The Morgan fingerprint density at radius 3 is 2.73 bits per heavy atom. The van der Waals surface area contributed by atoms with Crippen molar-refractivity contribution in [2.24, 2.45) is 0 Å². The van der Waals surface area contributed by atoms with Gasteiger partial charge < -0.3 is 14.5 Å². The molecule has 0 aliphatic carbocycles. The van der Waals surface area contributed by atoms with Crippen molar-refractivity contribution < 1.29 is 13.9 Å². The Bertz CT molecular complexity index is 765. The fraction of sp³-hybridized carbons (Fsp3) is 0.556. The van der Waals surface area contributed by atoms with Gasteiger partial charge in [0.25, 0.3) is 5.91 Å². The van der Waals surface area contributed by atoms with Crippen LogP contribution in [-0.4, -0.2) is 59.5 Å². The first-order valence-corrected chi connectivity index (χ1v) is 9.21. The summed E-state index contributed by atoms with van der Waals surface area (Å²) in [6.45, 7) is 10.3. The number of ether oxygens (including phenoxy) is 1. The number of hydrogen-bond acceptors (Lipinski definition) is 5. The topological polar surface area (TPSA) is 72.5 Å². The van der Waals surface area contributed by atoms with E-state index in [0.717, 1.165) is 44.2 Å². The van der Waals surface area contributed by atoms with Gasteiger partial charge >= 0.3 is 0 Å². The third-order valence-electron chi connectivity index (χ3n) is 4.50. The summed E-state index contributed by atoms with van der Waals surface area (Å²) < 4.78 is 12.8. The molecule has 0 aromatic carbocycles. The summed E-state index contributed by atoms with van der Waals surface area (Å²) in [7, 11) is 0. The first kappa shape index (κ1) is 18.9. The Hall–Kier alpha value is -1.83. The molecule has 1 amide bonds. The van der Waals surface area contributed by atoms with Crippen molar-refractivity contribution in [2.75, 3.05) is 32.8 Å². The van der Waals surface area contributed by atoms with E-state index in [1.54, 1.807) is 16.8 Å². The van der Waals surface area contributed by atoms with Gasteiger partial charge in [-0.2, -0.15) is 5.10 Å². The molecule has 1 aliphatic rings. The molecule has 7 nitrogen and oxygen atoms in total. The smallest absolute Gasteiger partial charge is 0.287 e. The van der Waals surface area contributed by atoms with E-state index in [1.807, 2.05) is 20.8 Å². The third kappa shape index (κ3) is 4.47. The SMILES string of the molecule is Cc1nn(Cc2ccc(C(=O)N[C@@H](C)CN3CCOCC3)o2)c(C)c1Cl. The standard InChI is InChI=1S/C18H25ClN4O3/c1-12(10-22-6-8-25-9-7-22)20-18(24)16-5-4-15(26-16)11-23-14(3)17(19)13(2)21-23/h4-5,12H,6-11H2,1-3H3,(H,20,24)/t12-/m0/s1. The molecule has 1 aliphatic heterocycles. The first-order valence-electron chi connectivity index (χ1n) is 8.83. The van der Waals surface area contributed by atoms with Crippen molar-refractivity contribution in [2.45, 2.75) is 33.4 Å². The van der Waals surface area contributed by atoms with Crippen molar-refractivity contribution in [1.29, 1.82) is 0 Å². The highest BCUT2D eigenvalue weighted by atomic mass is 35.5. The maximum atomic E-state index is 12.4. The summed E-state index contributed by atoms with van der Waals surface area (Å²) in [5, 5.41) is 8.03. The monoisotopic (exact) mass is 380 g/mol. The summed E-state index contributed by atoms with van der Waals surface area (Å²) >= 11 is 6.17. The summed E-state index contributed by atoms with van der Waals surface area (Å²) in [5.74, 6) is 0.767. The van der Waals surface area contributed by atoms with E-state index < -0.39 is 0 Å². The minimum Gasteiger partial charge on any atom is -0.454 e. The van der Waals surface area contributed by atoms with Crippen LogP contribution in [-0.2, 0) is 11.3 Å². The molecule has 2 aromatic heterocycles. The van der Waals surface area contributed by atoms with E-state index in [-0.39, 0.29) is 11.9 Å². The fourth-order valence-electron chi connectivity index (χ4n) is 3.07. The summed E-state index contributed by atoms with van der Waals surface area (Å²) in [6.07, 6.45) is 0. The molecule has 3 heterocycles. The zero-order valence-electron chi connectivity index (χ0n) is 15.4. The lowest BCUT2D eigenvalue weighted by Crippen LogP contribution is -2.45. The number of carbonyl (C=O) groups excluding carboxylic acids is 1. The third-order valence-corrected chi connectivity index (χ3v) is 5.04. The lowest BCUT2D eigenvalue weighted by atomic mass is 10.2. The predicted molar refractivity (Wildman–Crippen MR) is 98.7 cm³/mol. The van der Waals surface area contributed by atoms with Crippen molar-refractivity contribution in [3.05, 3.63) is 40.1 Å². The first-order chi connectivity index (χ1) is 12.4. The average Bonchev–Trinajstić information content (AvgIpc) is 3.17. The molecule has 0 saturated carbocycles. The molecular weight excluding hydrogens is 356 g/mol. The van der Waals surface area contributed by atoms with Gasteiger partial charge in [0.2, 0.25) is 0 Å². The van der Waals surface area contributed by atoms with Gasteiger partial charge in [-0.05, 0) is 32.9 Å². The number of nitrogens with one attached hydrogen (secondary N) is 1. The molecule has 0 spiro atoms. The summed E-state index contributed by atoms with van der Waals surface area (Å²) in [6, 6.07) is 3.52. The van der Waals surface area contributed by atoms with Crippen molar-refractivity contribution in [1.82, 2.24) is 20.0 Å². The number of morpholine rings is 1. The van der Waals surface area contributed by atoms with Gasteiger partial charge in [0.1, 0.15) is 5.76 Å². The molecule has 3 rings (SSSR count). The highest BCUT2D eigenvalue weighted by Crippen LogP contribution is 2.20. The molecular formula is C18H25ClN4O3. The largest absolute Gasteiger partial charge is 0.454 e. The van der Waals surface area contributed by atoms with Crippen LogP contribution in [0.5, 0.6) is 0 Å². The van der Waals surface area contributed by atoms with Gasteiger partial charge in [-0.25, -0.2) is 0 Å². The van der Waals surface area contributed by atoms with Crippen molar-refractivity contribution in [3.63, 3.8) is 0 Å². The quantitative estimate of drug-likeness (QED) is 0.832. The van der Waals surface area contributed by atoms with Gasteiger partial charge in [-0.15, -0.1) is 0 Å². The molecule has 1 atom stereocenters. The number of carbonyl (C=O) groups is 1. The molecule has 8 heteroatoms. The summed E-state index contributed by atoms with van der Waals surface area (Å²) in [5.41, 5.74) is 1.66. The molecule has 2 aromatic rings. The molecule has 0 radical (unpaired) electrons. The highest BCUT2D eigenvalue weighted by molar-refractivity contribution is 6.31. The van der Waals surface area contributed by atoms with Crippen LogP contribution in [0, 0.1) is 13.8 Å². The van der Waals surface area contributed by atoms with Crippen LogP contribution < -0.4 is 5.32 Å². The fourth-order valence-corrected chi connectivity index (χ4v) is 3.21. The molecule has 0 unspecified atom stereocenters. The number of aromatic nitrogens is 2. The second-order valence-electron chi connectivity index (χ2n) is 6.70. The minimum atomic E-state index is -0.205. The predicted octanol–water partition coefficient (Wildman–Crippen LogP) is 2.25. The number of aryl methyl sites for hydroxylation is 1. The lowest BCUT2D eigenvalue weighted by molar-refractivity contribution is 0.0341. The maximum absolute atomic E-state index is 12.4. The van der Waals surface area contributed by atoms with E-state index >= 15 is 0 Å². The van der Waals surface area contributed by atoms with Crippen LogP contribution in [0.1, 0.15) is 34.6 Å². The van der Waals surface area contributed by atoms with E-state index in [1.165, 1.54) is 0 Å². The summed E-state index contributed by atoms with van der Waals surface area (Å²) in [4.78, 5) is 14.7. The van der Waals surface area contributed by atoms with Gasteiger partial charge in [-0.1, -0.05) is 11.6 Å². The van der Waals surface area contributed by atoms with Crippen LogP contribution in [0.3, 0.4) is 0 Å². The van der Waals surface area contributed by atoms with E-state index in [9.17, 15) is 4.79 Å². The molecule has 0 bridgehead atoms. The number of nitrogens with zero attached hydrogens (tertiary/aromatic N) is 3. The second-order valence-corrected chi connectivity index (χ2v) is 7.07. The molecule has 1 saturated heterocycles. The Labute approximate surface area is 158 Å². The van der Waals surface area contributed by atoms with Gasteiger partial charge in [-0.3, -0.25) is 14.4 Å². The van der Waals surface area contributed by atoms with Crippen LogP contribution >= 0.6 is 11.6 Å². The Morgan fingerprint density at radius 2 is 2.08 bits per heavy atom. The Kier molecular flexibility index (Phi) is 6.01. The van der Waals surface area contributed by atoms with Crippen LogP contribution in [0.2, 0.25) is 5.02 Å². The number of halogens is 1. The normalized spacial score (nSPS) is 16.6. The Balaban J connectivity index is 1.56. The highest BCUT2D eigenvalue weighted by Gasteiger charge is 2.18. The molecule has 1 fully saturated rings. The van der Waals surface area contributed by atoms with Gasteiger partial charge in [0.05, 0.1) is 36.2 Å². The van der Waals surface area contributed by atoms with E-state index in [0.29, 0.717) is 23.1 Å². The average molecular weight is 381 g/mol. The van der Waals surface area contributed by atoms with E-state index in [2.05, 4.69) is 15.3 Å². The lowest BCUT2D eigenvalue weighted by Gasteiger charge is -2.29. The molecule has 1 N–H and O–H groups in total. The Morgan fingerprint density at radius 1 is 1.35 bits per heavy atom. The maximum Gasteiger partial charge on any atom is 0.287 e. The van der Waals surface area contributed by atoms with Crippen molar-refractivity contribution in [3.8, 4) is 0 Å². The number of amides is 1.